The molecule has 1 aliphatic heterocycles. The number of morpholine rings is 1. The zero-order chi connectivity index (χ0) is 12.1. The molecule has 4 nitrogen and oxygen atoms in total. The van der Waals surface area contributed by atoms with Crippen LogP contribution in [0.2, 0.25) is 0 Å². The first kappa shape index (κ1) is 12.1. The Hall–Kier alpha value is -1.41. The molecule has 1 unspecified atom stereocenters. The lowest BCUT2D eigenvalue weighted by molar-refractivity contribution is 0.0312. The number of nitrogens with zero attached hydrogens (tertiary/aromatic N) is 2. The molecule has 4 heteroatoms. The van der Waals surface area contributed by atoms with Crippen LogP contribution in [0.1, 0.15) is 5.56 Å². The summed E-state index contributed by atoms with van der Waals surface area (Å²) < 4.78 is 5.29. The van der Waals surface area contributed by atoms with Crippen LogP contribution in [0.5, 0.6) is 0 Å². The molecule has 0 aliphatic carbocycles. The number of nitriles is 1. The minimum absolute atomic E-state index is 0.552. The number of nitrogens with two attached hydrogens (primary N) is 1. The molecule has 1 fully saturated rings. The molecule has 1 saturated heterocycles. The maximum atomic E-state index is 9.34. The Labute approximate surface area is 102 Å². The molecular formula is C13H17N3O. The van der Waals surface area contributed by atoms with Crippen molar-refractivity contribution in [3.63, 3.8) is 0 Å². The zero-order valence-corrected chi connectivity index (χ0v) is 9.80. The molecule has 0 aromatic heterocycles. The van der Waals surface area contributed by atoms with E-state index in [4.69, 9.17) is 10.5 Å². The van der Waals surface area contributed by atoms with Crippen LogP contribution in [-0.2, 0) is 10.3 Å². The van der Waals surface area contributed by atoms with Crippen molar-refractivity contribution in [2.45, 2.75) is 5.54 Å². The molecule has 1 heterocycles. The number of ether oxygens (including phenoxy) is 1. The highest BCUT2D eigenvalue weighted by molar-refractivity contribution is 5.31. The van der Waals surface area contributed by atoms with Crippen molar-refractivity contribution in [2.75, 3.05) is 32.8 Å². The minimum atomic E-state index is -0.932. The number of hydrogen-bond donors (Lipinski definition) is 1. The van der Waals surface area contributed by atoms with Crippen LogP contribution >= 0.6 is 0 Å². The lowest BCUT2D eigenvalue weighted by atomic mass is 9.92. The predicted molar refractivity (Wildman–Crippen MR) is 65.2 cm³/mol. The SMILES string of the molecule is N#CC(N)(CN1CCOCC1)c1ccccc1. The highest BCUT2D eigenvalue weighted by atomic mass is 16.5. The van der Waals surface area contributed by atoms with E-state index in [0.29, 0.717) is 6.54 Å². The fraction of sp³-hybridized carbons (Fsp3) is 0.462. The van der Waals surface area contributed by atoms with Crippen LogP contribution in [-0.4, -0.2) is 37.7 Å². The third-order valence-electron chi connectivity index (χ3n) is 3.07. The Morgan fingerprint density at radius 3 is 2.53 bits per heavy atom. The molecule has 0 amide bonds. The molecule has 1 atom stereocenters. The van der Waals surface area contributed by atoms with Gasteiger partial charge in [-0.2, -0.15) is 5.26 Å². The molecular weight excluding hydrogens is 214 g/mol. The zero-order valence-electron chi connectivity index (χ0n) is 9.80. The predicted octanol–water partition coefficient (Wildman–Crippen LogP) is 0.696. The Bertz CT molecular complexity index is 395. The van der Waals surface area contributed by atoms with E-state index in [0.717, 1.165) is 31.9 Å². The van der Waals surface area contributed by atoms with Crippen LogP contribution in [0.15, 0.2) is 30.3 Å². The standard InChI is InChI=1S/C13H17N3O/c14-10-13(15,12-4-2-1-3-5-12)11-16-6-8-17-9-7-16/h1-5H,6-9,11,15H2. The second kappa shape index (κ2) is 5.28. The molecule has 17 heavy (non-hydrogen) atoms. The third-order valence-corrected chi connectivity index (χ3v) is 3.07. The second-order valence-corrected chi connectivity index (χ2v) is 4.34. The molecule has 2 rings (SSSR count). The van der Waals surface area contributed by atoms with Crippen molar-refractivity contribution >= 4 is 0 Å². The van der Waals surface area contributed by atoms with Crippen LogP contribution < -0.4 is 5.73 Å². The quantitative estimate of drug-likeness (QED) is 0.831. The third kappa shape index (κ3) is 2.83. The first-order valence-corrected chi connectivity index (χ1v) is 5.80. The van der Waals surface area contributed by atoms with E-state index in [2.05, 4.69) is 11.0 Å². The van der Waals surface area contributed by atoms with Crippen molar-refractivity contribution in [3.8, 4) is 6.07 Å². The number of benzene rings is 1. The minimum Gasteiger partial charge on any atom is -0.379 e. The monoisotopic (exact) mass is 231 g/mol. The van der Waals surface area contributed by atoms with Gasteiger partial charge in [-0.3, -0.25) is 4.90 Å². The summed E-state index contributed by atoms with van der Waals surface area (Å²) in [5.74, 6) is 0. The first-order valence-electron chi connectivity index (χ1n) is 5.80. The fourth-order valence-corrected chi connectivity index (χ4v) is 2.04. The van der Waals surface area contributed by atoms with Crippen molar-refractivity contribution in [1.29, 1.82) is 5.26 Å². The van der Waals surface area contributed by atoms with Gasteiger partial charge in [0.15, 0.2) is 0 Å². The summed E-state index contributed by atoms with van der Waals surface area (Å²) >= 11 is 0. The van der Waals surface area contributed by atoms with Crippen molar-refractivity contribution in [1.82, 2.24) is 4.90 Å². The highest BCUT2D eigenvalue weighted by Gasteiger charge is 2.30. The maximum absolute atomic E-state index is 9.34. The smallest absolute Gasteiger partial charge is 0.142 e. The molecule has 0 radical (unpaired) electrons. The average molecular weight is 231 g/mol. The summed E-state index contributed by atoms with van der Waals surface area (Å²) in [7, 11) is 0. The summed E-state index contributed by atoms with van der Waals surface area (Å²) in [4.78, 5) is 2.18. The lowest BCUT2D eigenvalue weighted by Crippen LogP contribution is -2.50. The Morgan fingerprint density at radius 1 is 1.29 bits per heavy atom. The van der Waals surface area contributed by atoms with Gasteiger partial charge < -0.3 is 10.5 Å². The van der Waals surface area contributed by atoms with Crippen LogP contribution in [0, 0.1) is 11.3 Å². The van der Waals surface area contributed by atoms with E-state index in [1.165, 1.54) is 0 Å². The number of hydrogen-bond acceptors (Lipinski definition) is 4. The van der Waals surface area contributed by atoms with Crippen molar-refractivity contribution in [3.05, 3.63) is 35.9 Å². The summed E-state index contributed by atoms with van der Waals surface area (Å²) in [6.07, 6.45) is 0. The lowest BCUT2D eigenvalue weighted by Gasteiger charge is -2.33. The maximum Gasteiger partial charge on any atom is 0.142 e. The Balaban J connectivity index is 2.12. The molecule has 0 saturated carbocycles. The molecule has 0 spiro atoms. The van der Waals surface area contributed by atoms with Gasteiger partial charge >= 0.3 is 0 Å². The first-order chi connectivity index (χ1) is 8.24. The molecule has 90 valence electrons. The summed E-state index contributed by atoms with van der Waals surface area (Å²) in [5.41, 5.74) is 6.14. The largest absolute Gasteiger partial charge is 0.379 e. The Morgan fingerprint density at radius 2 is 1.94 bits per heavy atom. The summed E-state index contributed by atoms with van der Waals surface area (Å²) in [6, 6.07) is 11.8. The van der Waals surface area contributed by atoms with E-state index in [1.807, 2.05) is 30.3 Å². The van der Waals surface area contributed by atoms with Gasteiger partial charge in [0, 0.05) is 19.6 Å². The molecule has 1 aromatic carbocycles. The van der Waals surface area contributed by atoms with Gasteiger partial charge in [-0.15, -0.1) is 0 Å². The van der Waals surface area contributed by atoms with Gasteiger partial charge in [0.1, 0.15) is 5.54 Å². The van der Waals surface area contributed by atoms with Crippen molar-refractivity contribution in [2.24, 2.45) is 5.73 Å². The van der Waals surface area contributed by atoms with E-state index in [1.54, 1.807) is 0 Å². The Kier molecular flexibility index (Phi) is 3.75. The fourth-order valence-electron chi connectivity index (χ4n) is 2.04. The van der Waals surface area contributed by atoms with Gasteiger partial charge in [0.05, 0.1) is 19.3 Å². The second-order valence-electron chi connectivity index (χ2n) is 4.34. The van der Waals surface area contributed by atoms with Gasteiger partial charge in [0.25, 0.3) is 0 Å². The molecule has 1 aromatic rings. The topological polar surface area (TPSA) is 62.3 Å². The van der Waals surface area contributed by atoms with Crippen molar-refractivity contribution < 1.29 is 4.74 Å². The van der Waals surface area contributed by atoms with Gasteiger partial charge in [-0.1, -0.05) is 30.3 Å². The summed E-state index contributed by atoms with van der Waals surface area (Å²) in [5, 5.41) is 9.34. The van der Waals surface area contributed by atoms with Crippen LogP contribution in [0.25, 0.3) is 0 Å². The molecule has 2 N–H and O–H groups in total. The molecule has 0 bridgehead atoms. The summed E-state index contributed by atoms with van der Waals surface area (Å²) in [6.45, 7) is 3.67. The number of rotatable bonds is 3. The van der Waals surface area contributed by atoms with Gasteiger partial charge in [-0.25, -0.2) is 0 Å². The normalized spacial score (nSPS) is 20.5. The van der Waals surface area contributed by atoms with Crippen LogP contribution in [0.3, 0.4) is 0 Å². The van der Waals surface area contributed by atoms with Gasteiger partial charge in [0.2, 0.25) is 0 Å². The van der Waals surface area contributed by atoms with E-state index < -0.39 is 5.54 Å². The van der Waals surface area contributed by atoms with E-state index >= 15 is 0 Å². The van der Waals surface area contributed by atoms with E-state index in [9.17, 15) is 5.26 Å². The van der Waals surface area contributed by atoms with Gasteiger partial charge in [-0.05, 0) is 5.56 Å². The van der Waals surface area contributed by atoms with Crippen LogP contribution in [0.4, 0.5) is 0 Å². The average Bonchev–Trinajstić information content (AvgIpc) is 2.41. The molecule has 1 aliphatic rings. The van der Waals surface area contributed by atoms with E-state index in [-0.39, 0.29) is 0 Å². The highest BCUT2D eigenvalue weighted by Crippen LogP contribution is 2.19.